The molecule has 28 heavy (non-hydrogen) atoms. The van der Waals surface area contributed by atoms with Crippen LogP contribution in [0, 0.1) is 0 Å². The van der Waals surface area contributed by atoms with Gasteiger partial charge >= 0.3 is 0 Å². The maximum absolute atomic E-state index is 5.80. The fourth-order valence-corrected chi connectivity index (χ4v) is 4.38. The van der Waals surface area contributed by atoms with Gasteiger partial charge in [-0.3, -0.25) is 4.98 Å². The Morgan fingerprint density at radius 3 is 2.75 bits per heavy atom. The van der Waals surface area contributed by atoms with E-state index in [0.29, 0.717) is 18.3 Å². The maximum Gasteiger partial charge on any atom is 0.240 e. The van der Waals surface area contributed by atoms with Crippen molar-refractivity contribution in [2.24, 2.45) is 0 Å². The Labute approximate surface area is 166 Å². The highest BCUT2D eigenvalue weighted by molar-refractivity contribution is 7.99. The molecule has 0 fully saturated rings. The van der Waals surface area contributed by atoms with Gasteiger partial charge in [-0.05, 0) is 48.4 Å². The summed E-state index contributed by atoms with van der Waals surface area (Å²) in [7, 11) is 0. The number of benzene rings is 2. The summed E-state index contributed by atoms with van der Waals surface area (Å²) in [5.41, 5.74) is 3.28. The van der Waals surface area contributed by atoms with Crippen molar-refractivity contribution in [3.05, 3.63) is 90.1 Å². The molecule has 1 aliphatic rings. The molecule has 3 heterocycles. The summed E-state index contributed by atoms with van der Waals surface area (Å²) in [5, 5.41) is 4.35. The average Bonchev–Trinajstić information content (AvgIpc) is 3.40. The lowest BCUT2D eigenvalue weighted by atomic mass is 10.1. The van der Waals surface area contributed by atoms with Crippen molar-refractivity contribution < 1.29 is 9.26 Å². The third-order valence-corrected chi connectivity index (χ3v) is 5.91. The van der Waals surface area contributed by atoms with Crippen LogP contribution in [0.3, 0.4) is 0 Å². The molecule has 0 saturated carbocycles. The Hall–Kier alpha value is -3.12. The van der Waals surface area contributed by atoms with E-state index in [-0.39, 0.29) is 5.25 Å². The second kappa shape index (κ2) is 7.48. The lowest BCUT2D eigenvalue weighted by Gasteiger charge is -2.06. The molecule has 0 bridgehead atoms. The molecule has 2 aromatic heterocycles. The van der Waals surface area contributed by atoms with Crippen molar-refractivity contribution in [1.29, 1.82) is 0 Å². The van der Waals surface area contributed by atoms with E-state index >= 15 is 0 Å². The number of nitrogens with zero attached hydrogens (tertiary/aromatic N) is 3. The minimum absolute atomic E-state index is 0.181. The summed E-state index contributed by atoms with van der Waals surface area (Å²) in [4.78, 5) is 10.0. The first kappa shape index (κ1) is 17.0. The predicted molar refractivity (Wildman–Crippen MR) is 107 cm³/mol. The summed E-state index contributed by atoms with van der Waals surface area (Å²) >= 11 is 1.78. The molecule has 4 aromatic rings. The molecule has 5 nitrogen and oxygen atoms in total. The summed E-state index contributed by atoms with van der Waals surface area (Å²) in [6.45, 7) is 0.485. The van der Waals surface area contributed by atoms with Crippen molar-refractivity contribution in [1.82, 2.24) is 15.1 Å². The van der Waals surface area contributed by atoms with Gasteiger partial charge in [-0.2, -0.15) is 4.98 Å². The highest BCUT2D eigenvalue weighted by Crippen LogP contribution is 2.45. The molecule has 0 N–H and O–H groups in total. The second-order valence-corrected chi connectivity index (χ2v) is 7.79. The quantitative estimate of drug-likeness (QED) is 0.475. The Morgan fingerprint density at radius 1 is 1.04 bits per heavy atom. The second-order valence-electron chi connectivity index (χ2n) is 6.55. The van der Waals surface area contributed by atoms with E-state index < -0.39 is 0 Å². The summed E-state index contributed by atoms with van der Waals surface area (Å²) < 4.78 is 11.3. The van der Waals surface area contributed by atoms with Gasteiger partial charge in [0.2, 0.25) is 11.7 Å². The molecular weight excluding hydrogens is 370 g/mol. The van der Waals surface area contributed by atoms with Crippen LogP contribution in [0.2, 0.25) is 0 Å². The zero-order valence-corrected chi connectivity index (χ0v) is 15.8. The van der Waals surface area contributed by atoms with Crippen molar-refractivity contribution in [3.8, 4) is 17.1 Å². The minimum Gasteiger partial charge on any atom is -0.489 e. The number of ether oxygens (including phenoxy) is 1. The standard InChI is InChI=1S/C22H17N3O2S/c1-2-6-19-17(5-1)12-20(28-19)22-24-21(25-27-22)16-7-9-18(10-8-16)26-14-15-4-3-11-23-13-15/h1-11,13,20H,12,14H2. The third-order valence-electron chi connectivity index (χ3n) is 4.61. The van der Waals surface area contributed by atoms with E-state index in [1.165, 1.54) is 10.5 Å². The SMILES string of the molecule is c1cncc(COc2ccc(-c3noc(C4Cc5ccccc5S4)n3)cc2)c1. The van der Waals surface area contributed by atoms with Crippen LogP contribution in [-0.2, 0) is 13.0 Å². The Kier molecular flexibility index (Phi) is 4.54. The highest BCUT2D eigenvalue weighted by atomic mass is 32.2. The van der Waals surface area contributed by atoms with Gasteiger partial charge in [0.1, 0.15) is 12.4 Å². The fraction of sp³-hybridized carbons (Fsp3) is 0.136. The third kappa shape index (κ3) is 3.51. The molecule has 2 aromatic carbocycles. The minimum atomic E-state index is 0.181. The molecule has 0 amide bonds. The van der Waals surface area contributed by atoms with Crippen molar-refractivity contribution >= 4 is 11.8 Å². The molecule has 0 spiro atoms. The van der Waals surface area contributed by atoms with E-state index in [4.69, 9.17) is 9.26 Å². The number of hydrogen-bond donors (Lipinski definition) is 0. The maximum atomic E-state index is 5.80. The number of hydrogen-bond acceptors (Lipinski definition) is 6. The molecule has 1 atom stereocenters. The van der Waals surface area contributed by atoms with Gasteiger partial charge in [0.05, 0.1) is 5.25 Å². The predicted octanol–water partition coefficient (Wildman–Crippen LogP) is 5.10. The van der Waals surface area contributed by atoms with Crippen molar-refractivity contribution in [3.63, 3.8) is 0 Å². The first-order chi connectivity index (χ1) is 13.8. The molecule has 5 rings (SSSR count). The summed E-state index contributed by atoms with van der Waals surface area (Å²) in [5.74, 6) is 2.07. The van der Waals surface area contributed by atoms with Gasteiger partial charge in [-0.25, -0.2) is 0 Å². The molecule has 1 aliphatic heterocycles. The van der Waals surface area contributed by atoms with Crippen LogP contribution in [-0.4, -0.2) is 15.1 Å². The van der Waals surface area contributed by atoms with E-state index in [0.717, 1.165) is 23.3 Å². The van der Waals surface area contributed by atoms with E-state index in [9.17, 15) is 0 Å². The van der Waals surface area contributed by atoms with E-state index in [1.807, 2.05) is 36.4 Å². The number of thioether (sulfide) groups is 1. The normalized spacial score (nSPS) is 15.4. The largest absolute Gasteiger partial charge is 0.489 e. The van der Waals surface area contributed by atoms with Gasteiger partial charge < -0.3 is 9.26 Å². The van der Waals surface area contributed by atoms with Crippen molar-refractivity contribution in [2.45, 2.75) is 23.2 Å². The van der Waals surface area contributed by atoms with Crippen LogP contribution in [0.5, 0.6) is 5.75 Å². The summed E-state index contributed by atoms with van der Waals surface area (Å²) in [6.07, 6.45) is 4.47. The Balaban J connectivity index is 1.26. The van der Waals surface area contributed by atoms with Gasteiger partial charge in [0.15, 0.2) is 0 Å². The first-order valence-electron chi connectivity index (χ1n) is 9.05. The van der Waals surface area contributed by atoms with Gasteiger partial charge in [-0.15, -0.1) is 11.8 Å². The van der Waals surface area contributed by atoms with E-state index in [2.05, 4.69) is 39.4 Å². The van der Waals surface area contributed by atoms with Crippen LogP contribution in [0.15, 0.2) is 82.5 Å². The van der Waals surface area contributed by atoms with Crippen LogP contribution in [0.4, 0.5) is 0 Å². The molecule has 0 aliphatic carbocycles. The average molecular weight is 387 g/mol. The van der Waals surface area contributed by atoms with Crippen LogP contribution < -0.4 is 4.74 Å². The Morgan fingerprint density at radius 2 is 1.93 bits per heavy atom. The zero-order chi connectivity index (χ0) is 18.8. The number of aromatic nitrogens is 3. The zero-order valence-electron chi connectivity index (χ0n) is 15.0. The lowest BCUT2D eigenvalue weighted by Crippen LogP contribution is -1.95. The number of pyridine rings is 1. The highest BCUT2D eigenvalue weighted by Gasteiger charge is 2.28. The van der Waals surface area contributed by atoms with Crippen LogP contribution >= 0.6 is 11.8 Å². The summed E-state index contributed by atoms with van der Waals surface area (Å²) in [6, 6.07) is 20.0. The first-order valence-corrected chi connectivity index (χ1v) is 9.93. The molecule has 6 heteroatoms. The van der Waals surface area contributed by atoms with E-state index in [1.54, 1.807) is 24.2 Å². The molecular formula is C22H17N3O2S. The fourth-order valence-electron chi connectivity index (χ4n) is 3.15. The smallest absolute Gasteiger partial charge is 0.240 e. The monoisotopic (exact) mass is 387 g/mol. The molecule has 0 radical (unpaired) electrons. The molecule has 1 unspecified atom stereocenters. The number of rotatable bonds is 5. The van der Waals surface area contributed by atoms with Gasteiger partial charge in [0, 0.05) is 28.4 Å². The molecule has 0 saturated heterocycles. The van der Waals surface area contributed by atoms with Crippen LogP contribution in [0.25, 0.3) is 11.4 Å². The van der Waals surface area contributed by atoms with Gasteiger partial charge in [0.25, 0.3) is 0 Å². The Bertz CT molecular complexity index is 1060. The topological polar surface area (TPSA) is 61.0 Å². The van der Waals surface area contributed by atoms with Crippen LogP contribution in [0.1, 0.15) is 22.3 Å². The molecule has 138 valence electrons. The lowest BCUT2D eigenvalue weighted by molar-refractivity contribution is 0.306. The van der Waals surface area contributed by atoms with Gasteiger partial charge in [-0.1, -0.05) is 29.4 Å². The number of fused-ring (bicyclic) bond motifs is 1. The van der Waals surface area contributed by atoms with Crippen molar-refractivity contribution in [2.75, 3.05) is 0 Å².